The van der Waals surface area contributed by atoms with E-state index in [0.717, 1.165) is 29.5 Å². The van der Waals surface area contributed by atoms with Crippen molar-refractivity contribution in [1.82, 2.24) is 34.8 Å². The number of aromatic nitrogens is 6. The van der Waals surface area contributed by atoms with E-state index in [9.17, 15) is 0 Å². The largest absolute Gasteiger partial charge is 0.338 e. The number of fused-ring (bicyclic) bond motifs is 1. The van der Waals surface area contributed by atoms with E-state index in [-0.39, 0.29) is 6.04 Å². The monoisotopic (exact) mass is 331 g/mol. The van der Waals surface area contributed by atoms with Gasteiger partial charge in [-0.2, -0.15) is 4.98 Å². The van der Waals surface area contributed by atoms with E-state index in [4.69, 9.17) is 4.52 Å². The van der Waals surface area contributed by atoms with Gasteiger partial charge in [0, 0.05) is 11.9 Å². The van der Waals surface area contributed by atoms with Crippen LogP contribution >= 0.6 is 11.3 Å². The van der Waals surface area contributed by atoms with Crippen molar-refractivity contribution >= 4 is 11.3 Å². The smallest absolute Gasteiger partial charge is 0.245 e. The van der Waals surface area contributed by atoms with Crippen molar-refractivity contribution in [2.24, 2.45) is 0 Å². The molecule has 1 aliphatic heterocycles. The molecule has 23 heavy (non-hydrogen) atoms. The Morgan fingerprint density at radius 2 is 2.30 bits per heavy atom. The zero-order valence-corrected chi connectivity index (χ0v) is 13.8. The molecule has 0 fully saturated rings. The molecule has 3 aromatic rings. The van der Waals surface area contributed by atoms with Crippen LogP contribution in [-0.4, -0.2) is 41.8 Å². The first-order valence-electron chi connectivity index (χ1n) is 7.55. The minimum absolute atomic E-state index is 0.0430. The summed E-state index contributed by atoms with van der Waals surface area (Å²) in [5.41, 5.74) is 0.997. The summed E-state index contributed by atoms with van der Waals surface area (Å²) < 4.78 is 7.52. The van der Waals surface area contributed by atoms with E-state index >= 15 is 0 Å². The van der Waals surface area contributed by atoms with Gasteiger partial charge in [-0.15, -0.1) is 21.5 Å². The van der Waals surface area contributed by atoms with Gasteiger partial charge in [-0.25, -0.2) is 4.98 Å². The first kappa shape index (κ1) is 14.5. The number of aryl methyl sites for hydroxylation is 1. The highest BCUT2D eigenvalue weighted by atomic mass is 32.1. The van der Waals surface area contributed by atoms with Crippen LogP contribution < -0.4 is 0 Å². The quantitative estimate of drug-likeness (QED) is 0.715. The molecule has 0 N–H and O–H groups in total. The van der Waals surface area contributed by atoms with Crippen LogP contribution in [0.25, 0.3) is 0 Å². The van der Waals surface area contributed by atoms with Crippen LogP contribution in [0.1, 0.15) is 41.2 Å². The second-order valence-corrected chi connectivity index (χ2v) is 6.58. The lowest BCUT2D eigenvalue weighted by Gasteiger charge is -2.29. The molecule has 0 aliphatic carbocycles. The molecule has 0 aromatic carbocycles. The van der Waals surface area contributed by atoms with E-state index in [1.54, 1.807) is 17.7 Å². The van der Waals surface area contributed by atoms with Gasteiger partial charge in [0.05, 0.1) is 23.7 Å². The molecule has 8 nitrogen and oxygen atoms in total. The van der Waals surface area contributed by atoms with Gasteiger partial charge in [0.2, 0.25) is 5.89 Å². The maximum Gasteiger partial charge on any atom is 0.245 e. The van der Waals surface area contributed by atoms with E-state index in [1.165, 1.54) is 0 Å². The zero-order chi connectivity index (χ0) is 15.8. The van der Waals surface area contributed by atoms with Crippen molar-refractivity contribution in [3.05, 3.63) is 39.9 Å². The van der Waals surface area contributed by atoms with Gasteiger partial charge in [0.15, 0.2) is 5.82 Å². The molecule has 0 bridgehead atoms. The topological polar surface area (TPSA) is 85.8 Å². The molecule has 120 valence electrons. The van der Waals surface area contributed by atoms with Crippen LogP contribution in [0.15, 0.2) is 16.2 Å². The fourth-order valence-electron chi connectivity index (χ4n) is 2.71. The standard InChI is InChI=1S/C14H17N7OS/c1-3-13-16-9(7-23-13)4-11-17-14(22-19-11)10-5-21-8-15-18-12(21)6-20(10)2/h7-8,10H,3-6H2,1-2H3. The summed E-state index contributed by atoms with van der Waals surface area (Å²) in [5, 5.41) is 15.4. The Balaban J connectivity index is 1.51. The van der Waals surface area contributed by atoms with E-state index in [0.29, 0.717) is 24.7 Å². The number of likely N-dealkylation sites (N-methyl/N-ethyl adjacent to an activating group) is 1. The average Bonchev–Trinajstić information content (AvgIpc) is 3.26. The van der Waals surface area contributed by atoms with Crippen LogP contribution in [0.3, 0.4) is 0 Å². The van der Waals surface area contributed by atoms with E-state index < -0.39 is 0 Å². The third-order valence-electron chi connectivity index (χ3n) is 4.00. The van der Waals surface area contributed by atoms with Crippen LogP contribution in [0.2, 0.25) is 0 Å². The molecular weight excluding hydrogens is 314 g/mol. The van der Waals surface area contributed by atoms with Crippen molar-refractivity contribution in [2.45, 2.75) is 38.9 Å². The highest BCUT2D eigenvalue weighted by Crippen LogP contribution is 2.26. The van der Waals surface area contributed by atoms with E-state index in [1.807, 2.05) is 11.6 Å². The predicted molar refractivity (Wildman–Crippen MR) is 82.8 cm³/mol. The molecule has 0 saturated heterocycles. The summed E-state index contributed by atoms with van der Waals surface area (Å²) in [6, 6.07) is 0.0430. The first-order valence-corrected chi connectivity index (χ1v) is 8.43. The Morgan fingerprint density at radius 3 is 3.13 bits per heavy atom. The first-order chi connectivity index (χ1) is 11.2. The molecule has 1 aliphatic rings. The lowest BCUT2D eigenvalue weighted by Crippen LogP contribution is -2.34. The van der Waals surface area contributed by atoms with Crippen LogP contribution in [0.4, 0.5) is 0 Å². The maximum atomic E-state index is 5.49. The molecule has 0 radical (unpaired) electrons. The molecule has 9 heteroatoms. The molecule has 1 unspecified atom stereocenters. The van der Waals surface area contributed by atoms with Gasteiger partial charge in [0.25, 0.3) is 0 Å². The highest BCUT2D eigenvalue weighted by Gasteiger charge is 2.30. The fraction of sp³-hybridized carbons (Fsp3) is 0.500. The lowest BCUT2D eigenvalue weighted by atomic mass is 10.2. The van der Waals surface area contributed by atoms with Crippen LogP contribution in [-0.2, 0) is 25.9 Å². The van der Waals surface area contributed by atoms with Gasteiger partial charge in [-0.1, -0.05) is 12.1 Å². The molecule has 0 spiro atoms. The highest BCUT2D eigenvalue weighted by molar-refractivity contribution is 7.09. The summed E-state index contributed by atoms with van der Waals surface area (Å²) in [4.78, 5) is 11.3. The minimum atomic E-state index is 0.0430. The van der Waals surface area contributed by atoms with Gasteiger partial charge in [-0.3, -0.25) is 4.90 Å². The molecule has 4 rings (SSSR count). The third-order valence-corrected chi connectivity index (χ3v) is 5.04. The lowest BCUT2D eigenvalue weighted by molar-refractivity contribution is 0.139. The SMILES string of the molecule is CCc1nc(Cc2noc(C3Cn4cnnc4CN3C)n2)cs1. The molecular formula is C14H17N7OS. The second-order valence-electron chi connectivity index (χ2n) is 5.64. The molecule has 4 heterocycles. The van der Waals surface area contributed by atoms with Gasteiger partial charge in [-0.05, 0) is 13.5 Å². The number of nitrogens with zero attached hydrogens (tertiary/aromatic N) is 7. The Kier molecular flexibility index (Phi) is 3.66. The summed E-state index contributed by atoms with van der Waals surface area (Å²) in [6.07, 6.45) is 3.30. The fourth-order valence-corrected chi connectivity index (χ4v) is 3.45. The Labute approximate surface area is 137 Å². The van der Waals surface area contributed by atoms with Crippen molar-refractivity contribution in [1.29, 1.82) is 0 Å². The molecule has 3 aromatic heterocycles. The second kappa shape index (κ2) is 5.82. The summed E-state index contributed by atoms with van der Waals surface area (Å²) >= 11 is 1.67. The van der Waals surface area contributed by atoms with Gasteiger partial charge >= 0.3 is 0 Å². The molecule has 1 atom stereocenters. The normalized spacial score (nSPS) is 18.3. The number of hydrogen-bond donors (Lipinski definition) is 0. The van der Waals surface area contributed by atoms with Crippen molar-refractivity contribution in [3.8, 4) is 0 Å². The summed E-state index contributed by atoms with van der Waals surface area (Å²) in [7, 11) is 2.03. The average molecular weight is 331 g/mol. The zero-order valence-electron chi connectivity index (χ0n) is 13.0. The Morgan fingerprint density at radius 1 is 1.39 bits per heavy atom. The Bertz CT molecular complexity index is 808. The minimum Gasteiger partial charge on any atom is -0.338 e. The third kappa shape index (κ3) is 2.77. The summed E-state index contributed by atoms with van der Waals surface area (Å²) in [5.74, 6) is 2.27. The summed E-state index contributed by atoms with van der Waals surface area (Å²) in [6.45, 7) is 3.54. The van der Waals surface area contributed by atoms with Crippen molar-refractivity contribution in [3.63, 3.8) is 0 Å². The molecule has 0 amide bonds. The van der Waals surface area contributed by atoms with E-state index in [2.05, 4.69) is 42.5 Å². The van der Waals surface area contributed by atoms with Crippen LogP contribution in [0.5, 0.6) is 0 Å². The Hall–Kier alpha value is -2.13. The maximum absolute atomic E-state index is 5.49. The molecule has 0 saturated carbocycles. The predicted octanol–water partition coefficient (Wildman–Crippen LogP) is 1.46. The number of thiazole rings is 1. The number of rotatable bonds is 4. The van der Waals surface area contributed by atoms with Crippen molar-refractivity contribution < 1.29 is 4.52 Å². The van der Waals surface area contributed by atoms with Crippen molar-refractivity contribution in [2.75, 3.05) is 7.05 Å². The van der Waals surface area contributed by atoms with Crippen LogP contribution in [0, 0.1) is 0 Å². The van der Waals surface area contributed by atoms with Gasteiger partial charge < -0.3 is 9.09 Å². The van der Waals surface area contributed by atoms with Gasteiger partial charge in [0.1, 0.15) is 18.2 Å². The number of hydrogen-bond acceptors (Lipinski definition) is 8.